The van der Waals surface area contributed by atoms with Gasteiger partial charge in [-0.3, -0.25) is 4.68 Å². The molecule has 0 saturated heterocycles. The van der Waals surface area contributed by atoms with E-state index in [9.17, 15) is 8.78 Å². The molecule has 0 atom stereocenters. The van der Waals surface area contributed by atoms with E-state index in [0.29, 0.717) is 10.2 Å². The van der Waals surface area contributed by atoms with Gasteiger partial charge in [0.15, 0.2) is 0 Å². The van der Waals surface area contributed by atoms with E-state index in [-0.39, 0.29) is 6.54 Å². The third-order valence-electron chi connectivity index (χ3n) is 1.28. The summed E-state index contributed by atoms with van der Waals surface area (Å²) in [5.74, 6) is 0. The highest BCUT2D eigenvalue weighted by Gasteiger charge is 2.08. The van der Waals surface area contributed by atoms with Gasteiger partial charge in [-0.15, -0.1) is 0 Å². The number of halogens is 3. The molecule has 0 N–H and O–H groups in total. The summed E-state index contributed by atoms with van der Waals surface area (Å²) in [4.78, 5) is 0. The third kappa shape index (κ3) is 1.99. The van der Waals surface area contributed by atoms with Gasteiger partial charge in [-0.05, 0) is 22.9 Å². The molecule has 0 aliphatic rings. The van der Waals surface area contributed by atoms with E-state index in [1.54, 1.807) is 6.92 Å². The van der Waals surface area contributed by atoms with Crippen LogP contribution in [0, 0.1) is 13.1 Å². The van der Waals surface area contributed by atoms with Crippen molar-refractivity contribution in [2.24, 2.45) is 0 Å². The zero-order chi connectivity index (χ0) is 8.43. The molecule has 0 saturated carbocycles. The minimum atomic E-state index is -2.37. The van der Waals surface area contributed by atoms with Gasteiger partial charge >= 0.3 is 0 Å². The molecule has 0 bridgehead atoms. The maximum absolute atomic E-state index is 11.8. The van der Waals surface area contributed by atoms with Crippen molar-refractivity contribution in [2.75, 3.05) is 0 Å². The Morgan fingerprint density at radius 1 is 1.73 bits per heavy atom. The average molecular weight is 224 g/mol. The Bertz CT molecular complexity index is 247. The van der Waals surface area contributed by atoms with Crippen LogP contribution in [0.5, 0.6) is 0 Å². The van der Waals surface area contributed by atoms with Gasteiger partial charge in [0, 0.05) is 0 Å². The molecular weight excluding hydrogens is 218 g/mol. The van der Waals surface area contributed by atoms with Crippen molar-refractivity contribution in [3.8, 4) is 0 Å². The molecule has 0 fully saturated rings. The molecule has 1 rings (SSSR count). The second-order valence-corrected chi connectivity index (χ2v) is 2.88. The molecule has 61 valence electrons. The van der Waals surface area contributed by atoms with Gasteiger partial charge in [0.2, 0.25) is 0 Å². The van der Waals surface area contributed by atoms with E-state index in [4.69, 9.17) is 0 Å². The lowest BCUT2D eigenvalue weighted by Gasteiger charge is -2.01. The lowest BCUT2D eigenvalue weighted by molar-refractivity contribution is 0.121. The van der Waals surface area contributed by atoms with Crippen LogP contribution in [-0.4, -0.2) is 16.2 Å². The molecule has 0 aliphatic heterocycles. The zero-order valence-electron chi connectivity index (χ0n) is 5.81. The predicted molar refractivity (Wildman–Crippen MR) is 39.5 cm³/mol. The second-order valence-electron chi connectivity index (χ2n) is 2.08. The molecule has 0 aliphatic carbocycles. The number of hydrogen-bond acceptors (Lipinski definition) is 1. The van der Waals surface area contributed by atoms with Crippen molar-refractivity contribution in [3.63, 3.8) is 0 Å². The van der Waals surface area contributed by atoms with Crippen molar-refractivity contribution in [1.29, 1.82) is 0 Å². The third-order valence-corrected chi connectivity index (χ3v) is 2.04. The molecule has 0 unspecified atom stereocenters. The molecule has 0 amide bonds. The van der Waals surface area contributed by atoms with Gasteiger partial charge in [0.25, 0.3) is 6.43 Å². The Hall–Kier alpha value is -0.450. The predicted octanol–water partition coefficient (Wildman–Crippen LogP) is 2.02. The summed E-state index contributed by atoms with van der Waals surface area (Å²) >= 11 is 3.12. The molecular formula is C6H6BrF2N2. The maximum Gasteiger partial charge on any atom is 0.257 e. The fourth-order valence-corrected chi connectivity index (χ4v) is 0.966. The molecule has 1 aromatic heterocycles. The monoisotopic (exact) mass is 223 g/mol. The first kappa shape index (κ1) is 8.64. The van der Waals surface area contributed by atoms with E-state index >= 15 is 0 Å². The van der Waals surface area contributed by atoms with Crippen LogP contribution in [0.1, 0.15) is 5.69 Å². The van der Waals surface area contributed by atoms with Gasteiger partial charge < -0.3 is 0 Å². The maximum atomic E-state index is 11.8. The Morgan fingerprint density at radius 2 is 2.36 bits per heavy atom. The number of aromatic nitrogens is 2. The molecule has 2 nitrogen and oxygen atoms in total. The van der Waals surface area contributed by atoms with Crippen molar-refractivity contribution < 1.29 is 8.78 Å². The fourth-order valence-electron chi connectivity index (χ4n) is 0.682. The summed E-state index contributed by atoms with van der Waals surface area (Å²) < 4.78 is 25.5. The zero-order valence-corrected chi connectivity index (χ0v) is 7.40. The summed E-state index contributed by atoms with van der Waals surface area (Å²) in [5, 5.41) is 3.62. The lowest BCUT2D eigenvalue weighted by Crippen LogP contribution is -2.09. The largest absolute Gasteiger partial charge is 0.262 e. The van der Waals surface area contributed by atoms with Crippen LogP contribution in [0.4, 0.5) is 8.78 Å². The normalized spacial score (nSPS) is 11.0. The van der Waals surface area contributed by atoms with Crippen LogP contribution in [-0.2, 0) is 6.54 Å². The van der Waals surface area contributed by atoms with Crippen LogP contribution in [0.2, 0.25) is 0 Å². The van der Waals surface area contributed by atoms with Gasteiger partial charge in [0.05, 0.1) is 10.2 Å². The summed E-state index contributed by atoms with van der Waals surface area (Å²) in [6, 6.07) is 0. The highest BCUT2D eigenvalue weighted by atomic mass is 79.9. The van der Waals surface area contributed by atoms with E-state index in [1.165, 1.54) is 4.68 Å². The first-order valence-electron chi connectivity index (χ1n) is 3.00. The number of hydrogen-bond donors (Lipinski definition) is 0. The van der Waals surface area contributed by atoms with Crippen LogP contribution < -0.4 is 0 Å². The van der Waals surface area contributed by atoms with Crippen LogP contribution in [0.15, 0.2) is 4.47 Å². The highest BCUT2D eigenvalue weighted by Crippen LogP contribution is 2.14. The van der Waals surface area contributed by atoms with Gasteiger partial charge in [-0.2, -0.15) is 5.10 Å². The Balaban J connectivity index is 2.79. The standard InChI is InChI=1S/C6H6BrF2N2/c1-4-5(7)2-10-11(4)3-6(8)9/h6H,3H2,1H3. The Kier molecular flexibility index (Phi) is 2.59. The van der Waals surface area contributed by atoms with Crippen LogP contribution in [0.3, 0.4) is 0 Å². The van der Waals surface area contributed by atoms with Crippen LogP contribution >= 0.6 is 15.9 Å². The molecule has 1 radical (unpaired) electrons. The van der Waals surface area contributed by atoms with Crippen LogP contribution in [0.25, 0.3) is 0 Å². The summed E-state index contributed by atoms with van der Waals surface area (Å²) in [6.07, 6.45) is 0.172. The van der Waals surface area contributed by atoms with E-state index in [0.717, 1.165) is 0 Å². The Morgan fingerprint density at radius 3 is 2.73 bits per heavy atom. The number of nitrogens with zero attached hydrogens (tertiary/aromatic N) is 2. The topological polar surface area (TPSA) is 17.8 Å². The van der Waals surface area contributed by atoms with Crippen molar-refractivity contribution in [1.82, 2.24) is 9.78 Å². The Labute approximate surface area is 71.3 Å². The fraction of sp³-hybridized carbons (Fsp3) is 0.500. The van der Waals surface area contributed by atoms with Crippen molar-refractivity contribution in [3.05, 3.63) is 16.4 Å². The minimum Gasteiger partial charge on any atom is -0.262 e. The summed E-state index contributed by atoms with van der Waals surface area (Å²) in [7, 11) is 0. The average Bonchev–Trinajstić information content (AvgIpc) is 2.18. The summed E-state index contributed by atoms with van der Waals surface area (Å²) in [6.45, 7) is 1.34. The SMILES string of the molecule is Cc1c(Br)[c]nn1CC(F)F. The first-order chi connectivity index (χ1) is 5.11. The number of rotatable bonds is 2. The molecule has 5 heteroatoms. The van der Waals surface area contributed by atoms with Gasteiger partial charge in [-0.1, -0.05) is 0 Å². The smallest absolute Gasteiger partial charge is 0.257 e. The molecule has 1 heterocycles. The highest BCUT2D eigenvalue weighted by molar-refractivity contribution is 9.10. The summed E-state index contributed by atoms with van der Waals surface area (Å²) in [5.41, 5.74) is 0.672. The van der Waals surface area contributed by atoms with Crippen molar-refractivity contribution in [2.45, 2.75) is 19.9 Å². The van der Waals surface area contributed by atoms with Gasteiger partial charge in [-0.25, -0.2) is 8.78 Å². The number of alkyl halides is 2. The molecule has 0 aromatic carbocycles. The van der Waals surface area contributed by atoms with E-state index < -0.39 is 6.43 Å². The van der Waals surface area contributed by atoms with E-state index in [2.05, 4.69) is 27.2 Å². The quantitative estimate of drug-likeness (QED) is 0.751. The van der Waals surface area contributed by atoms with E-state index in [1.807, 2.05) is 0 Å². The lowest BCUT2D eigenvalue weighted by atomic mass is 10.5. The van der Waals surface area contributed by atoms with Crippen molar-refractivity contribution >= 4 is 15.9 Å². The molecule has 0 spiro atoms. The van der Waals surface area contributed by atoms with Gasteiger partial charge in [0.1, 0.15) is 12.7 Å². The minimum absolute atomic E-state index is 0.367. The molecule has 11 heavy (non-hydrogen) atoms. The second kappa shape index (κ2) is 3.30. The molecule has 1 aromatic rings. The first-order valence-corrected chi connectivity index (χ1v) is 3.79.